The first-order valence-electron chi connectivity index (χ1n) is 13.3. The maximum atomic E-state index is 11.1. The zero-order valence-corrected chi connectivity index (χ0v) is 22.7. The molecule has 0 heterocycles. The van der Waals surface area contributed by atoms with E-state index in [-0.39, 0.29) is 12.0 Å². The molecule has 8 heteroatoms. The molecule has 0 atom stereocenters. The quantitative estimate of drug-likeness (QED) is 0.0770. The molecule has 0 saturated heterocycles. The molecule has 0 aliphatic heterocycles. The van der Waals surface area contributed by atoms with E-state index in [2.05, 4.69) is 18.0 Å². The zero-order chi connectivity index (χ0) is 26.1. The summed E-state index contributed by atoms with van der Waals surface area (Å²) in [5.74, 6) is -1.74. The Morgan fingerprint density at radius 1 is 0.676 bits per heavy atom. The summed E-state index contributed by atoms with van der Waals surface area (Å²) in [6.45, 7) is 6.87. The third kappa shape index (κ3) is 33.0. The van der Waals surface area contributed by atoms with Gasteiger partial charge in [-0.1, -0.05) is 129 Å². The van der Waals surface area contributed by atoms with Crippen LogP contribution >= 0.6 is 7.82 Å². The topological polar surface area (TPSA) is 121 Å². The van der Waals surface area contributed by atoms with Gasteiger partial charge in [-0.3, -0.25) is 14.6 Å². The summed E-state index contributed by atoms with van der Waals surface area (Å²) in [4.78, 5) is 37.8. The molecule has 7 nitrogen and oxygen atoms in total. The van der Waals surface area contributed by atoms with Crippen molar-refractivity contribution in [3.63, 3.8) is 0 Å². The molecule has 0 aromatic carbocycles. The second kappa shape index (κ2) is 24.9. The van der Waals surface area contributed by atoms with Gasteiger partial charge in [-0.05, 0) is 13.3 Å². The van der Waals surface area contributed by atoms with Crippen molar-refractivity contribution >= 4 is 19.8 Å². The number of hydrogen-bond acceptors (Lipinski definition) is 4. The summed E-state index contributed by atoms with van der Waals surface area (Å²) < 4.78 is 14.5. The van der Waals surface area contributed by atoms with E-state index in [1.807, 2.05) is 0 Å². The van der Waals surface area contributed by atoms with Crippen molar-refractivity contribution in [2.24, 2.45) is 0 Å². The van der Waals surface area contributed by atoms with Gasteiger partial charge in [-0.25, -0.2) is 9.36 Å². The third-order valence-corrected chi connectivity index (χ3v) is 6.01. The van der Waals surface area contributed by atoms with Gasteiger partial charge in [0.05, 0.1) is 0 Å². The Hall–Kier alpha value is -1.17. The first-order valence-corrected chi connectivity index (χ1v) is 14.8. The van der Waals surface area contributed by atoms with Crippen molar-refractivity contribution in [2.45, 2.75) is 142 Å². The number of carbonyl (C=O) groups is 2. The second-order valence-electron chi connectivity index (χ2n) is 9.15. The lowest BCUT2D eigenvalue weighted by Gasteiger charge is -2.05. The Kier molecular flexibility index (Phi) is 25.7. The van der Waals surface area contributed by atoms with E-state index in [1.54, 1.807) is 0 Å². The van der Waals surface area contributed by atoms with Gasteiger partial charge in [0, 0.05) is 12.0 Å². The molecule has 34 heavy (non-hydrogen) atoms. The molecule has 0 saturated carbocycles. The van der Waals surface area contributed by atoms with Gasteiger partial charge < -0.3 is 9.63 Å². The highest BCUT2D eigenvalue weighted by Crippen LogP contribution is 2.36. The summed E-state index contributed by atoms with van der Waals surface area (Å²) in [5, 5.41) is 7.89. The molecular weight excluding hydrogens is 455 g/mol. The predicted octanol–water partition coefficient (Wildman–Crippen LogP) is 8.09. The highest BCUT2D eigenvalue weighted by Gasteiger charge is 2.19. The molecule has 202 valence electrons. The highest BCUT2D eigenvalue weighted by molar-refractivity contribution is 7.46. The van der Waals surface area contributed by atoms with Crippen LogP contribution in [-0.2, 0) is 18.7 Å². The van der Waals surface area contributed by atoms with Crippen LogP contribution in [0.2, 0.25) is 0 Å². The van der Waals surface area contributed by atoms with Crippen molar-refractivity contribution in [1.82, 2.24) is 0 Å². The number of unbranched alkanes of at least 4 members (excludes halogenated alkanes) is 18. The molecule has 0 amide bonds. The van der Waals surface area contributed by atoms with Crippen molar-refractivity contribution in [2.75, 3.05) is 0 Å². The first-order chi connectivity index (χ1) is 16.1. The molecule has 0 aromatic heterocycles. The first kappa shape index (κ1) is 35.0. The molecule has 0 rings (SSSR count). The SMILES string of the molecule is C=C(C)C(=O)O.CCCCCCCCCCCCCCCCCCCCCC(=O)OP(=O)(O)O. The van der Waals surface area contributed by atoms with Crippen molar-refractivity contribution in [3.8, 4) is 0 Å². The summed E-state index contributed by atoms with van der Waals surface area (Å²) in [6.07, 6.45) is 24.5. The predicted molar refractivity (Wildman–Crippen MR) is 139 cm³/mol. The number of carboxylic acids is 1. The van der Waals surface area contributed by atoms with Crippen LogP contribution in [-0.4, -0.2) is 26.8 Å². The normalized spacial score (nSPS) is 10.9. The van der Waals surface area contributed by atoms with Crippen LogP contribution in [0, 0.1) is 0 Å². The average molecular weight is 507 g/mol. The van der Waals surface area contributed by atoms with E-state index < -0.39 is 19.8 Å². The fourth-order valence-electron chi connectivity index (χ4n) is 3.53. The fourth-order valence-corrected chi connectivity index (χ4v) is 3.88. The third-order valence-electron chi connectivity index (χ3n) is 5.57. The van der Waals surface area contributed by atoms with Gasteiger partial charge in [0.25, 0.3) is 0 Å². The fraction of sp³-hybridized carbons (Fsp3) is 0.846. The van der Waals surface area contributed by atoms with Gasteiger partial charge in [-0.2, -0.15) is 0 Å². The van der Waals surface area contributed by atoms with Gasteiger partial charge in [0.15, 0.2) is 0 Å². The number of carbonyl (C=O) groups excluding carboxylic acids is 1. The molecule has 0 fully saturated rings. The molecule has 3 N–H and O–H groups in total. The number of carboxylic acid groups (broad SMARTS) is 1. The highest BCUT2D eigenvalue weighted by atomic mass is 31.2. The van der Waals surface area contributed by atoms with Crippen molar-refractivity contribution in [3.05, 3.63) is 12.2 Å². The minimum absolute atomic E-state index is 0.0873. The molecular formula is C26H51O7P. The van der Waals surface area contributed by atoms with E-state index in [9.17, 15) is 14.2 Å². The van der Waals surface area contributed by atoms with E-state index in [0.29, 0.717) is 6.42 Å². The van der Waals surface area contributed by atoms with Crippen LogP contribution in [0.1, 0.15) is 142 Å². The van der Waals surface area contributed by atoms with Crippen LogP contribution in [0.3, 0.4) is 0 Å². The number of hydrogen-bond donors (Lipinski definition) is 3. The molecule has 0 spiro atoms. The van der Waals surface area contributed by atoms with E-state index >= 15 is 0 Å². The lowest BCUT2D eigenvalue weighted by molar-refractivity contribution is -0.136. The number of rotatable bonds is 22. The Balaban J connectivity index is 0. The van der Waals surface area contributed by atoms with Crippen LogP contribution in [0.15, 0.2) is 12.2 Å². The van der Waals surface area contributed by atoms with Crippen LogP contribution < -0.4 is 0 Å². The largest absolute Gasteiger partial charge is 0.526 e. The standard InChI is InChI=1S/C22H45O5P.C4H6O2/c1-2-3-4-5-6-7-8-9-10-11-12-13-14-15-16-17-18-19-20-21-22(23)27-28(24,25)26;1-3(2)4(5)6/h2-21H2,1H3,(H2,24,25,26);1H2,2H3,(H,5,6). The van der Waals surface area contributed by atoms with E-state index in [0.717, 1.165) is 12.8 Å². The molecule has 0 unspecified atom stereocenters. The average Bonchev–Trinajstić information content (AvgIpc) is 2.74. The molecule has 0 aliphatic carbocycles. The lowest BCUT2D eigenvalue weighted by atomic mass is 10.0. The Morgan fingerprint density at radius 2 is 0.941 bits per heavy atom. The van der Waals surface area contributed by atoms with Gasteiger partial charge >= 0.3 is 19.8 Å². The molecule has 0 aliphatic rings. The summed E-state index contributed by atoms with van der Waals surface area (Å²) >= 11 is 0. The smallest absolute Gasteiger partial charge is 0.478 e. The van der Waals surface area contributed by atoms with E-state index in [4.69, 9.17) is 14.9 Å². The summed E-state index contributed by atoms with van der Waals surface area (Å²) in [7, 11) is -4.67. The molecule has 0 bridgehead atoms. The Morgan fingerprint density at radius 3 is 1.18 bits per heavy atom. The van der Waals surface area contributed by atoms with Gasteiger partial charge in [0.1, 0.15) is 0 Å². The Labute approximate surface area is 208 Å². The van der Waals surface area contributed by atoms with Crippen molar-refractivity contribution < 1.29 is 33.6 Å². The number of phosphoric acid groups is 1. The van der Waals surface area contributed by atoms with Crippen LogP contribution in [0.25, 0.3) is 0 Å². The molecule has 0 aromatic rings. The van der Waals surface area contributed by atoms with E-state index in [1.165, 1.54) is 110 Å². The zero-order valence-electron chi connectivity index (χ0n) is 21.8. The second-order valence-corrected chi connectivity index (χ2v) is 10.3. The number of aliphatic carboxylic acids is 1. The van der Waals surface area contributed by atoms with Crippen LogP contribution in [0.4, 0.5) is 0 Å². The van der Waals surface area contributed by atoms with Crippen molar-refractivity contribution in [1.29, 1.82) is 0 Å². The number of phosphoric ester groups is 1. The lowest BCUT2D eigenvalue weighted by Crippen LogP contribution is -2.01. The maximum Gasteiger partial charge on any atom is 0.526 e. The van der Waals surface area contributed by atoms with Gasteiger partial charge in [-0.15, -0.1) is 0 Å². The minimum atomic E-state index is -4.67. The van der Waals surface area contributed by atoms with Crippen LogP contribution in [0.5, 0.6) is 0 Å². The minimum Gasteiger partial charge on any atom is -0.478 e. The monoisotopic (exact) mass is 506 g/mol. The Bertz CT molecular complexity index is 545. The molecule has 0 radical (unpaired) electrons. The summed E-state index contributed by atoms with van der Waals surface area (Å²) in [5.41, 5.74) is 0.176. The van der Waals surface area contributed by atoms with Gasteiger partial charge in [0.2, 0.25) is 0 Å². The maximum absolute atomic E-state index is 11.1. The summed E-state index contributed by atoms with van der Waals surface area (Å²) in [6, 6.07) is 0.